The third kappa shape index (κ3) is 3.96. The van der Waals surface area contributed by atoms with Crippen LogP contribution in [0.15, 0.2) is 65.3 Å². The van der Waals surface area contributed by atoms with Gasteiger partial charge in [0.25, 0.3) is 5.89 Å². The molecule has 148 valence electrons. The van der Waals surface area contributed by atoms with E-state index in [1.54, 1.807) is 0 Å². The molecule has 0 spiro atoms. The van der Waals surface area contributed by atoms with E-state index in [1.165, 1.54) is 37.0 Å². The van der Waals surface area contributed by atoms with Crippen molar-refractivity contribution in [2.75, 3.05) is 19.6 Å². The first-order valence-electron chi connectivity index (χ1n) is 10.5. The van der Waals surface area contributed by atoms with Gasteiger partial charge in [0, 0.05) is 30.1 Å². The summed E-state index contributed by atoms with van der Waals surface area (Å²) >= 11 is 0. The molecule has 1 aliphatic rings. The number of aryl methyl sites for hydroxylation is 1. The largest absolute Gasteiger partial charge is 0.342 e. The van der Waals surface area contributed by atoms with Crippen LogP contribution in [0.2, 0.25) is 0 Å². The van der Waals surface area contributed by atoms with Crippen molar-refractivity contribution in [1.82, 2.24) is 19.6 Å². The van der Waals surface area contributed by atoms with Crippen LogP contribution < -0.4 is 0 Å². The van der Waals surface area contributed by atoms with Crippen LogP contribution in [0.25, 0.3) is 22.4 Å². The smallest absolute Gasteiger partial charge is 0.260 e. The summed E-state index contributed by atoms with van der Waals surface area (Å²) in [6, 6.07) is 18.9. The Kier molecular flexibility index (Phi) is 5.13. The molecule has 0 bridgehead atoms. The van der Waals surface area contributed by atoms with Gasteiger partial charge in [-0.25, -0.2) is 0 Å². The van der Waals surface area contributed by atoms with Crippen LogP contribution in [0.4, 0.5) is 0 Å². The topological polar surface area (TPSA) is 47.1 Å². The highest BCUT2D eigenvalue weighted by Crippen LogP contribution is 2.30. The molecule has 0 amide bonds. The number of likely N-dealkylation sites (tertiary alicyclic amines) is 1. The first-order chi connectivity index (χ1) is 14.4. The van der Waals surface area contributed by atoms with Crippen molar-refractivity contribution in [3.8, 4) is 11.5 Å². The van der Waals surface area contributed by atoms with Gasteiger partial charge in [0.2, 0.25) is 0 Å². The van der Waals surface area contributed by atoms with Crippen LogP contribution in [-0.4, -0.2) is 39.2 Å². The monoisotopic (exact) mass is 386 g/mol. The molecule has 1 aliphatic heterocycles. The van der Waals surface area contributed by atoms with E-state index in [-0.39, 0.29) is 0 Å². The van der Waals surface area contributed by atoms with Gasteiger partial charge >= 0.3 is 0 Å². The molecule has 5 nitrogen and oxygen atoms in total. The Morgan fingerprint density at radius 1 is 0.931 bits per heavy atom. The Morgan fingerprint density at radius 3 is 2.59 bits per heavy atom. The van der Waals surface area contributed by atoms with Crippen molar-refractivity contribution in [2.24, 2.45) is 0 Å². The summed E-state index contributed by atoms with van der Waals surface area (Å²) in [6.07, 6.45) is 6.75. The second-order valence-electron chi connectivity index (χ2n) is 7.84. The Bertz CT molecular complexity index is 1080. The first kappa shape index (κ1) is 18.1. The zero-order chi connectivity index (χ0) is 19.5. The molecular formula is C24H26N4O. The zero-order valence-corrected chi connectivity index (χ0v) is 16.6. The highest BCUT2D eigenvalue weighted by molar-refractivity contribution is 5.94. The highest BCUT2D eigenvalue weighted by Gasteiger charge is 2.17. The lowest BCUT2D eigenvalue weighted by Crippen LogP contribution is -2.20. The Labute approximate surface area is 171 Å². The van der Waals surface area contributed by atoms with Crippen molar-refractivity contribution < 1.29 is 4.52 Å². The lowest BCUT2D eigenvalue weighted by molar-refractivity contribution is 0.331. The molecule has 3 heterocycles. The predicted octanol–water partition coefficient (Wildman–Crippen LogP) is 4.77. The lowest BCUT2D eigenvalue weighted by atomic mass is 10.2. The van der Waals surface area contributed by atoms with Gasteiger partial charge in [-0.15, -0.1) is 0 Å². The van der Waals surface area contributed by atoms with Crippen molar-refractivity contribution in [3.05, 3.63) is 72.2 Å². The molecular weight excluding hydrogens is 360 g/mol. The van der Waals surface area contributed by atoms with Crippen molar-refractivity contribution in [2.45, 2.75) is 32.2 Å². The van der Waals surface area contributed by atoms with Gasteiger partial charge in [0.15, 0.2) is 5.82 Å². The Hall–Kier alpha value is -2.92. The standard InChI is InChI=1S/C24H26N4O/c1-2-9-19(10-3-1)17-28-18-21(20-11-4-5-12-22(20)28)24-25-23(26-29-24)13-8-16-27-14-6-7-15-27/h1-5,9-12,18H,6-8,13-17H2. The molecule has 2 aromatic heterocycles. The van der Waals surface area contributed by atoms with Gasteiger partial charge in [0.05, 0.1) is 5.56 Å². The maximum atomic E-state index is 5.66. The summed E-state index contributed by atoms with van der Waals surface area (Å²) in [5.74, 6) is 1.42. The Balaban J connectivity index is 1.36. The number of hydrogen-bond acceptors (Lipinski definition) is 4. The molecule has 0 saturated carbocycles. The second kappa shape index (κ2) is 8.21. The van der Waals surface area contributed by atoms with E-state index in [0.717, 1.165) is 42.7 Å². The van der Waals surface area contributed by atoms with E-state index in [1.807, 2.05) is 6.07 Å². The number of benzene rings is 2. The summed E-state index contributed by atoms with van der Waals surface area (Å²) in [5, 5.41) is 5.39. The number of hydrogen-bond donors (Lipinski definition) is 0. The van der Waals surface area contributed by atoms with Crippen LogP contribution in [0.5, 0.6) is 0 Å². The summed E-state index contributed by atoms with van der Waals surface area (Å²) < 4.78 is 7.92. The molecule has 0 atom stereocenters. The van der Waals surface area contributed by atoms with Gasteiger partial charge in [-0.05, 0) is 50.5 Å². The summed E-state index contributed by atoms with van der Waals surface area (Å²) in [4.78, 5) is 7.23. The zero-order valence-electron chi connectivity index (χ0n) is 16.6. The molecule has 5 heteroatoms. The van der Waals surface area contributed by atoms with Crippen LogP contribution in [0.1, 0.15) is 30.7 Å². The molecule has 4 aromatic rings. The molecule has 1 saturated heterocycles. The lowest BCUT2D eigenvalue weighted by Gasteiger charge is -2.12. The van der Waals surface area contributed by atoms with Crippen LogP contribution >= 0.6 is 0 Å². The van der Waals surface area contributed by atoms with E-state index in [2.05, 4.69) is 69.4 Å². The second-order valence-corrected chi connectivity index (χ2v) is 7.84. The minimum absolute atomic E-state index is 0.615. The molecule has 29 heavy (non-hydrogen) atoms. The third-order valence-corrected chi connectivity index (χ3v) is 5.76. The molecule has 0 aliphatic carbocycles. The van der Waals surface area contributed by atoms with E-state index < -0.39 is 0 Å². The molecule has 5 rings (SSSR count). The molecule has 1 fully saturated rings. The fraction of sp³-hybridized carbons (Fsp3) is 0.333. The number of rotatable bonds is 7. The number of aromatic nitrogens is 3. The molecule has 2 aromatic carbocycles. The molecule has 0 radical (unpaired) electrons. The normalized spacial score (nSPS) is 14.8. The number of nitrogens with zero attached hydrogens (tertiary/aromatic N) is 4. The van der Waals surface area contributed by atoms with Crippen molar-refractivity contribution >= 4 is 10.9 Å². The van der Waals surface area contributed by atoms with Gasteiger partial charge in [0.1, 0.15) is 0 Å². The fourth-order valence-corrected chi connectivity index (χ4v) is 4.26. The maximum Gasteiger partial charge on any atom is 0.260 e. The van der Waals surface area contributed by atoms with Gasteiger partial charge in [-0.1, -0.05) is 53.7 Å². The van der Waals surface area contributed by atoms with Gasteiger partial charge in [-0.2, -0.15) is 4.98 Å². The number of para-hydroxylation sites is 1. The van der Waals surface area contributed by atoms with E-state index in [4.69, 9.17) is 9.51 Å². The summed E-state index contributed by atoms with van der Waals surface area (Å²) in [7, 11) is 0. The van der Waals surface area contributed by atoms with Crippen LogP contribution in [-0.2, 0) is 13.0 Å². The quantitative estimate of drug-likeness (QED) is 0.459. The minimum atomic E-state index is 0.615. The van der Waals surface area contributed by atoms with Gasteiger partial charge in [-0.3, -0.25) is 0 Å². The highest BCUT2D eigenvalue weighted by atomic mass is 16.5. The average molecular weight is 386 g/mol. The van der Waals surface area contributed by atoms with Crippen molar-refractivity contribution in [3.63, 3.8) is 0 Å². The maximum absolute atomic E-state index is 5.66. The summed E-state index contributed by atoms with van der Waals surface area (Å²) in [6.45, 7) is 4.41. The van der Waals surface area contributed by atoms with E-state index >= 15 is 0 Å². The first-order valence-corrected chi connectivity index (χ1v) is 10.5. The number of fused-ring (bicyclic) bond motifs is 1. The van der Waals surface area contributed by atoms with E-state index in [9.17, 15) is 0 Å². The van der Waals surface area contributed by atoms with E-state index in [0.29, 0.717) is 5.89 Å². The van der Waals surface area contributed by atoms with Crippen LogP contribution in [0.3, 0.4) is 0 Å². The SMILES string of the molecule is c1ccc(Cn2cc(-c3nc(CCCN4CCCC4)no3)c3ccccc32)cc1. The average Bonchev–Trinajstić information content (AvgIpc) is 3.50. The Morgan fingerprint density at radius 2 is 1.72 bits per heavy atom. The molecule has 0 N–H and O–H groups in total. The summed E-state index contributed by atoms with van der Waals surface area (Å²) in [5.41, 5.74) is 3.46. The third-order valence-electron chi connectivity index (χ3n) is 5.76. The van der Waals surface area contributed by atoms with Crippen molar-refractivity contribution in [1.29, 1.82) is 0 Å². The fourth-order valence-electron chi connectivity index (χ4n) is 4.26. The van der Waals surface area contributed by atoms with Gasteiger partial charge < -0.3 is 14.0 Å². The predicted molar refractivity (Wildman–Crippen MR) is 115 cm³/mol. The molecule has 0 unspecified atom stereocenters. The minimum Gasteiger partial charge on any atom is -0.342 e. The van der Waals surface area contributed by atoms with Crippen LogP contribution in [0, 0.1) is 0 Å².